The molecule has 104 valence electrons. The summed E-state index contributed by atoms with van der Waals surface area (Å²) in [4.78, 5) is 16.4. The Balaban J connectivity index is 2.21. The number of thioether (sulfide) groups is 1. The lowest BCUT2D eigenvalue weighted by molar-refractivity contribution is 0.0694. The molecule has 0 unspecified atom stereocenters. The van der Waals surface area contributed by atoms with Gasteiger partial charge in [0.2, 0.25) is 0 Å². The van der Waals surface area contributed by atoms with Gasteiger partial charge >= 0.3 is 5.97 Å². The molecule has 2 aromatic rings. The van der Waals surface area contributed by atoms with Gasteiger partial charge in [-0.1, -0.05) is 12.1 Å². The van der Waals surface area contributed by atoms with Crippen molar-refractivity contribution in [3.05, 3.63) is 53.3 Å². The minimum atomic E-state index is -0.917. The number of benzene rings is 1. The van der Waals surface area contributed by atoms with Crippen LogP contribution in [0.3, 0.4) is 0 Å². The molecule has 0 aliphatic carbocycles. The van der Waals surface area contributed by atoms with Gasteiger partial charge in [-0.2, -0.15) is 0 Å². The van der Waals surface area contributed by atoms with Crippen molar-refractivity contribution < 1.29 is 9.90 Å². The second-order valence-electron chi connectivity index (χ2n) is 4.35. The fraction of sp³-hybridized carbons (Fsp3) is 0.200. The van der Waals surface area contributed by atoms with E-state index in [0.717, 1.165) is 16.2 Å². The SMILES string of the molecule is CSc1cccc(NCc2ccc(C)nc2)c1C(=O)O. The van der Waals surface area contributed by atoms with Gasteiger partial charge in [-0.3, -0.25) is 4.98 Å². The summed E-state index contributed by atoms with van der Waals surface area (Å²) in [5, 5.41) is 12.5. The lowest BCUT2D eigenvalue weighted by Crippen LogP contribution is -2.08. The molecule has 5 heteroatoms. The molecule has 2 rings (SSSR count). The standard InChI is InChI=1S/C15H16N2O2S/c1-10-6-7-11(8-16-10)9-17-12-4-3-5-13(20-2)14(12)15(18)19/h3-8,17H,9H2,1-2H3,(H,18,19). The number of carboxylic acids is 1. The predicted octanol–water partition coefficient (Wildman–Crippen LogP) is 3.42. The first-order chi connectivity index (χ1) is 9.61. The molecule has 0 saturated heterocycles. The van der Waals surface area contributed by atoms with E-state index in [2.05, 4.69) is 10.3 Å². The summed E-state index contributed by atoms with van der Waals surface area (Å²) in [7, 11) is 0. The number of nitrogens with one attached hydrogen (secondary N) is 1. The first-order valence-electron chi connectivity index (χ1n) is 6.17. The maximum atomic E-state index is 11.4. The largest absolute Gasteiger partial charge is 0.478 e. The molecule has 0 saturated carbocycles. The van der Waals surface area contributed by atoms with E-state index in [1.165, 1.54) is 11.8 Å². The second kappa shape index (κ2) is 6.43. The molecular formula is C15H16N2O2S. The number of hydrogen-bond acceptors (Lipinski definition) is 4. The molecule has 1 aromatic heterocycles. The van der Waals surface area contributed by atoms with Gasteiger partial charge in [0.25, 0.3) is 0 Å². The molecule has 0 aliphatic rings. The van der Waals surface area contributed by atoms with Crippen molar-refractivity contribution >= 4 is 23.4 Å². The molecule has 0 fully saturated rings. The summed E-state index contributed by atoms with van der Waals surface area (Å²) < 4.78 is 0. The van der Waals surface area contributed by atoms with Crippen LogP contribution in [0.15, 0.2) is 41.4 Å². The Bertz CT molecular complexity index is 612. The Morgan fingerprint density at radius 2 is 2.15 bits per heavy atom. The fourth-order valence-electron chi connectivity index (χ4n) is 1.87. The minimum Gasteiger partial charge on any atom is -0.478 e. The Kier molecular flexibility index (Phi) is 4.63. The minimum absolute atomic E-state index is 0.320. The van der Waals surface area contributed by atoms with Crippen molar-refractivity contribution in [1.29, 1.82) is 0 Å². The molecule has 4 nitrogen and oxygen atoms in total. The zero-order chi connectivity index (χ0) is 14.5. The van der Waals surface area contributed by atoms with E-state index in [0.29, 0.717) is 17.8 Å². The van der Waals surface area contributed by atoms with Crippen molar-refractivity contribution in [2.75, 3.05) is 11.6 Å². The van der Waals surface area contributed by atoms with Gasteiger partial charge in [0, 0.05) is 23.3 Å². The van der Waals surface area contributed by atoms with Crippen LogP contribution in [0.25, 0.3) is 0 Å². The summed E-state index contributed by atoms with van der Waals surface area (Å²) in [6.07, 6.45) is 3.66. The Labute approximate surface area is 122 Å². The number of nitrogens with zero attached hydrogens (tertiary/aromatic N) is 1. The quantitative estimate of drug-likeness (QED) is 0.825. The van der Waals surface area contributed by atoms with Gasteiger partial charge in [-0.25, -0.2) is 4.79 Å². The fourth-order valence-corrected chi connectivity index (χ4v) is 2.49. The second-order valence-corrected chi connectivity index (χ2v) is 5.20. The lowest BCUT2D eigenvalue weighted by Gasteiger charge is -2.12. The molecule has 2 N–H and O–H groups in total. The van der Waals surface area contributed by atoms with E-state index in [1.807, 2.05) is 37.4 Å². The maximum Gasteiger partial charge on any atom is 0.338 e. The van der Waals surface area contributed by atoms with E-state index >= 15 is 0 Å². The van der Waals surface area contributed by atoms with Crippen LogP contribution in [-0.2, 0) is 6.54 Å². The van der Waals surface area contributed by atoms with Gasteiger partial charge in [0.05, 0.1) is 11.3 Å². The first kappa shape index (κ1) is 14.4. The summed E-state index contributed by atoms with van der Waals surface area (Å²) in [6, 6.07) is 9.37. The van der Waals surface area contributed by atoms with E-state index in [9.17, 15) is 9.90 Å². The zero-order valence-corrected chi connectivity index (χ0v) is 12.2. The number of rotatable bonds is 5. The van der Waals surface area contributed by atoms with Crippen molar-refractivity contribution in [2.45, 2.75) is 18.4 Å². The predicted molar refractivity (Wildman–Crippen MR) is 81.5 cm³/mol. The third kappa shape index (κ3) is 3.30. The number of carboxylic acid groups (broad SMARTS) is 1. The van der Waals surface area contributed by atoms with E-state index in [1.54, 1.807) is 12.3 Å². The zero-order valence-electron chi connectivity index (χ0n) is 11.4. The van der Waals surface area contributed by atoms with Crippen LogP contribution in [0.1, 0.15) is 21.6 Å². The molecule has 0 aliphatic heterocycles. The third-order valence-electron chi connectivity index (χ3n) is 2.92. The van der Waals surface area contributed by atoms with Crippen LogP contribution in [0.4, 0.5) is 5.69 Å². The number of anilines is 1. The third-order valence-corrected chi connectivity index (χ3v) is 3.70. The van der Waals surface area contributed by atoms with Crippen molar-refractivity contribution in [3.63, 3.8) is 0 Å². The highest BCUT2D eigenvalue weighted by Crippen LogP contribution is 2.27. The lowest BCUT2D eigenvalue weighted by atomic mass is 10.1. The van der Waals surface area contributed by atoms with Crippen molar-refractivity contribution in [1.82, 2.24) is 4.98 Å². The summed E-state index contributed by atoms with van der Waals surface area (Å²) in [5.41, 5.74) is 2.93. The number of aromatic nitrogens is 1. The molecule has 0 radical (unpaired) electrons. The first-order valence-corrected chi connectivity index (χ1v) is 7.40. The molecule has 1 heterocycles. The van der Waals surface area contributed by atoms with E-state index < -0.39 is 5.97 Å². The topological polar surface area (TPSA) is 62.2 Å². The summed E-state index contributed by atoms with van der Waals surface area (Å²) in [5.74, 6) is -0.917. The van der Waals surface area contributed by atoms with Crippen LogP contribution in [0.5, 0.6) is 0 Å². The number of aryl methyl sites for hydroxylation is 1. The molecule has 20 heavy (non-hydrogen) atoms. The molecule has 0 bridgehead atoms. The summed E-state index contributed by atoms with van der Waals surface area (Å²) in [6.45, 7) is 2.48. The van der Waals surface area contributed by atoms with Crippen LogP contribution in [0, 0.1) is 6.92 Å². The highest BCUT2D eigenvalue weighted by molar-refractivity contribution is 7.98. The summed E-state index contributed by atoms with van der Waals surface area (Å²) >= 11 is 1.43. The Morgan fingerprint density at radius 3 is 2.75 bits per heavy atom. The van der Waals surface area contributed by atoms with Gasteiger partial charge in [-0.15, -0.1) is 11.8 Å². The molecule has 0 amide bonds. The Hall–Kier alpha value is -2.01. The molecule has 1 aromatic carbocycles. The molecule has 0 atom stereocenters. The highest BCUT2D eigenvalue weighted by atomic mass is 32.2. The molecule has 0 spiro atoms. The van der Waals surface area contributed by atoms with Gasteiger partial charge in [0.1, 0.15) is 0 Å². The van der Waals surface area contributed by atoms with Crippen LogP contribution >= 0.6 is 11.8 Å². The Morgan fingerprint density at radius 1 is 1.35 bits per heavy atom. The van der Waals surface area contributed by atoms with E-state index in [4.69, 9.17) is 0 Å². The van der Waals surface area contributed by atoms with E-state index in [-0.39, 0.29) is 0 Å². The van der Waals surface area contributed by atoms with Crippen LogP contribution in [-0.4, -0.2) is 22.3 Å². The van der Waals surface area contributed by atoms with Crippen LogP contribution < -0.4 is 5.32 Å². The van der Waals surface area contributed by atoms with Gasteiger partial charge < -0.3 is 10.4 Å². The number of aromatic carboxylic acids is 1. The smallest absolute Gasteiger partial charge is 0.338 e. The average Bonchev–Trinajstić information content (AvgIpc) is 2.46. The number of hydrogen-bond donors (Lipinski definition) is 2. The molecular weight excluding hydrogens is 272 g/mol. The van der Waals surface area contributed by atoms with Crippen molar-refractivity contribution in [3.8, 4) is 0 Å². The maximum absolute atomic E-state index is 11.4. The van der Waals surface area contributed by atoms with Crippen molar-refractivity contribution in [2.24, 2.45) is 0 Å². The monoisotopic (exact) mass is 288 g/mol. The van der Waals surface area contributed by atoms with Gasteiger partial charge in [0.15, 0.2) is 0 Å². The van der Waals surface area contributed by atoms with Gasteiger partial charge in [-0.05, 0) is 36.9 Å². The number of pyridine rings is 1. The van der Waals surface area contributed by atoms with Crippen LogP contribution in [0.2, 0.25) is 0 Å². The highest BCUT2D eigenvalue weighted by Gasteiger charge is 2.14. The average molecular weight is 288 g/mol. The number of carbonyl (C=O) groups is 1. The normalized spacial score (nSPS) is 10.3.